The van der Waals surface area contributed by atoms with Crippen LogP contribution < -0.4 is 10.6 Å². The van der Waals surface area contributed by atoms with Crippen LogP contribution in [0.2, 0.25) is 0 Å². The van der Waals surface area contributed by atoms with Crippen LogP contribution in [0, 0.1) is 5.92 Å². The zero-order valence-electron chi connectivity index (χ0n) is 28.0. The SMILES string of the molecule is CC(=O)NC(C)CO[C@@H]1OC(CO)[C@@H](O[C@@H]2OC(CO[C@]3(OC=O)C[C@@H](O)[C@@H](C)C([C@H](O)[C@H](O)CO)O3)[C@H](O)[C@H](O)C2O)[C@H](O)C1NC(C)=O. The molecule has 17 atom stereocenters. The van der Waals surface area contributed by atoms with Crippen LogP contribution in [0.1, 0.15) is 34.1 Å². The predicted molar refractivity (Wildman–Crippen MR) is 160 cm³/mol. The fourth-order valence-electron chi connectivity index (χ4n) is 5.93. The molecule has 0 bridgehead atoms. The number of aliphatic hydroxyl groups is 9. The van der Waals surface area contributed by atoms with Crippen LogP contribution in [0.4, 0.5) is 0 Å². The van der Waals surface area contributed by atoms with E-state index in [4.69, 9.17) is 33.2 Å². The van der Waals surface area contributed by atoms with Crippen LogP contribution >= 0.6 is 0 Å². The van der Waals surface area contributed by atoms with Gasteiger partial charge in [0, 0.05) is 25.8 Å². The number of rotatable bonds is 16. The monoisotopic (exact) mass is 730 g/mol. The van der Waals surface area contributed by atoms with Crippen molar-refractivity contribution in [1.82, 2.24) is 10.6 Å². The van der Waals surface area contributed by atoms with E-state index < -0.39 is 136 Å². The molecule has 0 aliphatic carbocycles. The van der Waals surface area contributed by atoms with Gasteiger partial charge in [-0.2, -0.15) is 0 Å². The minimum absolute atomic E-state index is 0.0836. The molecule has 3 saturated heterocycles. The van der Waals surface area contributed by atoms with Crippen LogP contribution in [0.25, 0.3) is 0 Å². The van der Waals surface area contributed by atoms with Gasteiger partial charge in [-0.1, -0.05) is 6.92 Å². The molecule has 3 fully saturated rings. The van der Waals surface area contributed by atoms with Crippen molar-refractivity contribution in [2.24, 2.45) is 5.92 Å². The lowest BCUT2D eigenvalue weighted by atomic mass is 9.87. The second-order valence-electron chi connectivity index (χ2n) is 12.7. The molecule has 290 valence electrons. The van der Waals surface area contributed by atoms with Gasteiger partial charge in [0.1, 0.15) is 61.0 Å². The lowest BCUT2D eigenvalue weighted by Crippen LogP contribution is -2.68. The average molecular weight is 731 g/mol. The highest BCUT2D eigenvalue weighted by Crippen LogP contribution is 2.38. The van der Waals surface area contributed by atoms with E-state index in [0.717, 1.165) is 6.92 Å². The number of hydrogen-bond donors (Lipinski definition) is 11. The number of ether oxygens (including phenoxy) is 7. The summed E-state index contributed by atoms with van der Waals surface area (Å²) in [6, 6.07) is -1.82. The summed E-state index contributed by atoms with van der Waals surface area (Å²) in [5.74, 6) is -4.23. The molecular weight excluding hydrogens is 680 g/mol. The topological polar surface area (TPSA) is 322 Å². The minimum atomic E-state index is -2.43. The zero-order valence-corrected chi connectivity index (χ0v) is 28.0. The summed E-state index contributed by atoms with van der Waals surface area (Å²) < 4.78 is 39.2. The van der Waals surface area contributed by atoms with Gasteiger partial charge >= 0.3 is 5.97 Å². The van der Waals surface area contributed by atoms with Gasteiger partial charge in [0.15, 0.2) is 12.6 Å². The molecule has 0 radical (unpaired) electrons. The van der Waals surface area contributed by atoms with Gasteiger partial charge in [-0.15, -0.1) is 0 Å². The van der Waals surface area contributed by atoms with Gasteiger partial charge in [0.05, 0.1) is 45.1 Å². The first-order chi connectivity index (χ1) is 23.5. The molecule has 3 rings (SSSR count). The third-order valence-electron chi connectivity index (χ3n) is 8.66. The van der Waals surface area contributed by atoms with Gasteiger partial charge in [-0.05, 0) is 6.92 Å². The standard InChI is InChI=1S/C29H50N2O19/c1-11(30-13(3)35)8-44-27-19(31-14(4)36)22(41)26(17(7-33)47-27)49-28-24(43)23(42)21(40)18(48-28)9-45-29(46-10-34)5-15(37)12(2)25(50-29)20(39)16(38)6-32/h10-12,15-28,32-33,37-43H,5-9H2,1-4H3,(H,30,35)(H,31,36)/t11?,12-,15-,16-,17?,18?,19?,20-,21+,22-,23+,24?,25?,26-,27-,28+,29+/m1/s1. The molecule has 6 unspecified atom stereocenters. The van der Waals surface area contributed by atoms with Gasteiger partial charge in [0.2, 0.25) is 11.8 Å². The van der Waals surface area contributed by atoms with Crippen molar-refractivity contribution in [2.45, 2.75) is 132 Å². The summed E-state index contributed by atoms with van der Waals surface area (Å²) in [6.07, 6.45) is -22.0. The number of amides is 2. The summed E-state index contributed by atoms with van der Waals surface area (Å²) in [7, 11) is 0. The van der Waals surface area contributed by atoms with Crippen LogP contribution in [-0.2, 0) is 47.5 Å². The zero-order chi connectivity index (χ0) is 37.5. The maximum atomic E-state index is 12.0. The molecule has 0 spiro atoms. The Hall–Kier alpha value is -2.19. The number of carbonyl (C=O) groups is 3. The fourth-order valence-corrected chi connectivity index (χ4v) is 5.93. The van der Waals surface area contributed by atoms with Crippen LogP contribution in [0.15, 0.2) is 0 Å². The summed E-state index contributed by atoms with van der Waals surface area (Å²) in [5.41, 5.74) is 0. The maximum absolute atomic E-state index is 12.0. The molecule has 3 aliphatic heterocycles. The Morgan fingerprint density at radius 3 is 2.20 bits per heavy atom. The van der Waals surface area contributed by atoms with Crippen molar-refractivity contribution in [3.05, 3.63) is 0 Å². The first-order valence-electron chi connectivity index (χ1n) is 16.0. The van der Waals surface area contributed by atoms with Crippen molar-refractivity contribution in [3.8, 4) is 0 Å². The molecule has 21 heteroatoms. The van der Waals surface area contributed by atoms with E-state index in [1.54, 1.807) is 6.92 Å². The molecular formula is C29H50N2O19. The van der Waals surface area contributed by atoms with Gasteiger partial charge in [0.25, 0.3) is 6.47 Å². The van der Waals surface area contributed by atoms with E-state index in [1.165, 1.54) is 13.8 Å². The van der Waals surface area contributed by atoms with E-state index in [1.807, 2.05) is 0 Å². The van der Waals surface area contributed by atoms with E-state index in [0.29, 0.717) is 0 Å². The second-order valence-corrected chi connectivity index (χ2v) is 12.7. The summed E-state index contributed by atoms with van der Waals surface area (Å²) in [4.78, 5) is 34.8. The summed E-state index contributed by atoms with van der Waals surface area (Å²) in [5, 5.41) is 99.0. The second kappa shape index (κ2) is 18.5. The van der Waals surface area contributed by atoms with Crippen LogP contribution in [0.5, 0.6) is 0 Å². The third-order valence-corrected chi connectivity index (χ3v) is 8.66. The third kappa shape index (κ3) is 10.2. The average Bonchev–Trinajstić information content (AvgIpc) is 3.06. The fraction of sp³-hybridized carbons (Fsp3) is 0.897. The molecule has 2 amide bonds. The Kier molecular flexibility index (Phi) is 15.6. The number of carbonyl (C=O) groups excluding carboxylic acids is 3. The van der Waals surface area contributed by atoms with Crippen molar-refractivity contribution >= 4 is 18.3 Å². The van der Waals surface area contributed by atoms with Crippen molar-refractivity contribution in [1.29, 1.82) is 0 Å². The lowest BCUT2D eigenvalue weighted by Gasteiger charge is -2.48. The largest absolute Gasteiger partial charge is 0.410 e. The van der Waals surface area contributed by atoms with E-state index in [2.05, 4.69) is 10.6 Å². The quantitative estimate of drug-likeness (QED) is 0.0519. The lowest BCUT2D eigenvalue weighted by molar-refractivity contribution is -0.423. The van der Waals surface area contributed by atoms with Gasteiger partial charge in [-0.3, -0.25) is 14.4 Å². The molecule has 21 nitrogen and oxygen atoms in total. The highest BCUT2D eigenvalue weighted by Gasteiger charge is 2.54. The highest BCUT2D eigenvalue weighted by atomic mass is 16.9. The highest BCUT2D eigenvalue weighted by molar-refractivity contribution is 5.73. The Balaban J connectivity index is 1.79. The molecule has 0 aromatic rings. The first-order valence-corrected chi connectivity index (χ1v) is 16.0. The van der Waals surface area contributed by atoms with Gasteiger partial charge in [-0.25, -0.2) is 0 Å². The van der Waals surface area contributed by atoms with E-state index >= 15 is 0 Å². The van der Waals surface area contributed by atoms with Crippen LogP contribution in [0.3, 0.4) is 0 Å². The Bertz CT molecular complexity index is 1110. The number of nitrogens with one attached hydrogen (secondary N) is 2. The Morgan fingerprint density at radius 2 is 1.62 bits per heavy atom. The van der Waals surface area contributed by atoms with Crippen molar-refractivity contribution < 1.29 is 93.5 Å². The molecule has 50 heavy (non-hydrogen) atoms. The predicted octanol–water partition coefficient (Wildman–Crippen LogP) is -6.35. The molecule has 3 heterocycles. The summed E-state index contributed by atoms with van der Waals surface area (Å²) in [6.45, 7) is 2.91. The smallest absolute Gasteiger partial charge is 0.332 e. The molecule has 11 N–H and O–H groups in total. The molecule has 0 aromatic carbocycles. The Morgan fingerprint density at radius 1 is 0.960 bits per heavy atom. The molecule has 3 aliphatic rings. The minimum Gasteiger partial charge on any atom is -0.410 e. The first kappa shape index (κ1) is 42.2. The van der Waals surface area contributed by atoms with Crippen molar-refractivity contribution in [3.63, 3.8) is 0 Å². The van der Waals surface area contributed by atoms with Crippen molar-refractivity contribution in [2.75, 3.05) is 26.4 Å². The maximum Gasteiger partial charge on any atom is 0.332 e. The molecule has 0 saturated carbocycles. The van der Waals surface area contributed by atoms with E-state index in [-0.39, 0.29) is 19.0 Å². The normalized spacial score (nSPS) is 41.0. The number of hydrogen-bond acceptors (Lipinski definition) is 19. The van der Waals surface area contributed by atoms with Crippen LogP contribution in [-0.4, -0.2) is 188 Å². The van der Waals surface area contributed by atoms with Gasteiger partial charge < -0.3 is 89.8 Å². The number of aliphatic hydroxyl groups excluding tert-OH is 9. The van der Waals surface area contributed by atoms with E-state index in [9.17, 15) is 60.3 Å². The summed E-state index contributed by atoms with van der Waals surface area (Å²) >= 11 is 0. The molecule has 0 aromatic heterocycles. The Labute approximate surface area is 286 Å².